The summed E-state index contributed by atoms with van der Waals surface area (Å²) in [5, 5.41) is 3.18. The van der Waals surface area contributed by atoms with Gasteiger partial charge in [0.1, 0.15) is 10.6 Å². The van der Waals surface area contributed by atoms with E-state index in [0.29, 0.717) is 5.95 Å². The lowest BCUT2D eigenvalue weighted by atomic mass is 10.2. The second kappa shape index (κ2) is 3.59. The van der Waals surface area contributed by atoms with Gasteiger partial charge < -0.3 is 10.6 Å². The predicted molar refractivity (Wildman–Crippen MR) is 67.8 cm³/mol. The van der Waals surface area contributed by atoms with Crippen molar-refractivity contribution in [3.05, 3.63) is 11.4 Å². The highest BCUT2D eigenvalue weighted by Gasteiger charge is 2.22. The molecule has 0 aromatic carbocycles. The number of nitrogen functional groups attached to an aromatic ring is 1. The molecular formula is C11H14N4S. The molecule has 3 rings (SSSR count). The Morgan fingerprint density at radius 1 is 1.50 bits per heavy atom. The summed E-state index contributed by atoms with van der Waals surface area (Å²) in [4.78, 5) is 11.9. The Hall–Kier alpha value is -1.36. The highest BCUT2D eigenvalue weighted by Crippen LogP contribution is 2.31. The first-order valence-electron chi connectivity index (χ1n) is 5.49. The number of nitrogens with two attached hydrogens (primary N) is 1. The number of thiophene rings is 1. The van der Waals surface area contributed by atoms with Crippen molar-refractivity contribution in [1.29, 1.82) is 0 Å². The molecule has 1 saturated heterocycles. The number of hydrogen-bond donors (Lipinski definition) is 1. The van der Waals surface area contributed by atoms with E-state index >= 15 is 0 Å². The standard InChI is InChI=1S/C11H14N4S/c1-7-2-4-15(6-7)9-8-3-5-16-10(8)14-11(12)13-9/h3,5,7H,2,4,6H2,1H3,(H2,12,13,14). The number of aromatic nitrogens is 2. The highest BCUT2D eigenvalue weighted by atomic mass is 32.1. The normalized spacial score (nSPS) is 20.8. The van der Waals surface area contributed by atoms with Gasteiger partial charge in [-0.2, -0.15) is 4.98 Å². The topological polar surface area (TPSA) is 55.0 Å². The van der Waals surface area contributed by atoms with E-state index in [9.17, 15) is 0 Å². The van der Waals surface area contributed by atoms with Gasteiger partial charge in [0.05, 0.1) is 5.39 Å². The van der Waals surface area contributed by atoms with Crippen LogP contribution in [0, 0.1) is 5.92 Å². The molecule has 1 fully saturated rings. The van der Waals surface area contributed by atoms with Gasteiger partial charge >= 0.3 is 0 Å². The molecule has 2 N–H and O–H groups in total. The van der Waals surface area contributed by atoms with E-state index in [1.54, 1.807) is 11.3 Å². The van der Waals surface area contributed by atoms with Crippen molar-refractivity contribution in [3.8, 4) is 0 Å². The summed E-state index contributed by atoms with van der Waals surface area (Å²) >= 11 is 1.62. The average Bonchev–Trinajstić information content (AvgIpc) is 2.84. The van der Waals surface area contributed by atoms with Gasteiger partial charge in [0.15, 0.2) is 0 Å². The summed E-state index contributed by atoms with van der Waals surface area (Å²) in [6.45, 7) is 4.42. The number of rotatable bonds is 1. The first-order chi connectivity index (χ1) is 7.74. The number of fused-ring (bicyclic) bond motifs is 1. The summed E-state index contributed by atoms with van der Waals surface area (Å²) in [5.41, 5.74) is 5.74. The Balaban J connectivity index is 2.11. The zero-order chi connectivity index (χ0) is 11.1. The molecular weight excluding hydrogens is 220 g/mol. The van der Waals surface area contributed by atoms with Gasteiger partial charge in [-0.05, 0) is 23.8 Å². The molecule has 1 aliphatic heterocycles. The molecule has 4 nitrogen and oxygen atoms in total. The van der Waals surface area contributed by atoms with Crippen LogP contribution < -0.4 is 10.6 Å². The largest absolute Gasteiger partial charge is 0.368 e. The lowest BCUT2D eigenvalue weighted by molar-refractivity contribution is 0.659. The van der Waals surface area contributed by atoms with Gasteiger partial charge in [0.2, 0.25) is 5.95 Å². The van der Waals surface area contributed by atoms with E-state index in [-0.39, 0.29) is 0 Å². The van der Waals surface area contributed by atoms with Crippen molar-refractivity contribution >= 4 is 33.3 Å². The van der Waals surface area contributed by atoms with E-state index in [2.05, 4.69) is 27.9 Å². The smallest absolute Gasteiger partial charge is 0.223 e. The molecule has 0 spiro atoms. The second-order valence-corrected chi connectivity index (χ2v) is 5.28. The maximum absolute atomic E-state index is 5.74. The van der Waals surface area contributed by atoms with Crippen molar-refractivity contribution in [2.24, 2.45) is 5.92 Å². The average molecular weight is 234 g/mol. The third-order valence-electron chi connectivity index (χ3n) is 3.05. The molecule has 1 unspecified atom stereocenters. The van der Waals surface area contributed by atoms with Crippen molar-refractivity contribution in [1.82, 2.24) is 9.97 Å². The van der Waals surface area contributed by atoms with Crippen LogP contribution in [0.4, 0.5) is 11.8 Å². The maximum Gasteiger partial charge on any atom is 0.223 e. The van der Waals surface area contributed by atoms with E-state index in [1.165, 1.54) is 6.42 Å². The van der Waals surface area contributed by atoms with E-state index in [0.717, 1.165) is 35.0 Å². The minimum Gasteiger partial charge on any atom is -0.368 e. The molecule has 0 saturated carbocycles. The van der Waals surface area contributed by atoms with Gasteiger partial charge in [-0.3, -0.25) is 0 Å². The molecule has 2 aromatic heterocycles. The first kappa shape index (κ1) is 9.84. The fourth-order valence-electron chi connectivity index (χ4n) is 2.22. The molecule has 84 valence electrons. The molecule has 0 radical (unpaired) electrons. The lowest BCUT2D eigenvalue weighted by Gasteiger charge is -2.17. The van der Waals surface area contributed by atoms with Crippen LogP contribution in [0.3, 0.4) is 0 Å². The molecule has 5 heteroatoms. The van der Waals surface area contributed by atoms with Crippen molar-refractivity contribution in [2.45, 2.75) is 13.3 Å². The van der Waals surface area contributed by atoms with Gasteiger partial charge in [-0.1, -0.05) is 6.92 Å². The van der Waals surface area contributed by atoms with Gasteiger partial charge in [0.25, 0.3) is 0 Å². The lowest BCUT2D eigenvalue weighted by Crippen LogP contribution is -2.21. The maximum atomic E-state index is 5.74. The van der Waals surface area contributed by atoms with Crippen LogP contribution >= 0.6 is 11.3 Å². The second-order valence-electron chi connectivity index (χ2n) is 4.38. The molecule has 0 aliphatic carbocycles. The van der Waals surface area contributed by atoms with Crippen LogP contribution in [0.25, 0.3) is 10.2 Å². The van der Waals surface area contributed by atoms with Gasteiger partial charge in [-0.15, -0.1) is 11.3 Å². The van der Waals surface area contributed by atoms with Crippen LogP contribution in [0.2, 0.25) is 0 Å². The van der Waals surface area contributed by atoms with Crippen molar-refractivity contribution in [3.63, 3.8) is 0 Å². The summed E-state index contributed by atoms with van der Waals surface area (Å²) in [5.74, 6) is 2.13. The predicted octanol–water partition coefficient (Wildman–Crippen LogP) is 2.12. The molecule has 0 amide bonds. The summed E-state index contributed by atoms with van der Waals surface area (Å²) in [6.07, 6.45) is 1.23. The Morgan fingerprint density at radius 3 is 3.12 bits per heavy atom. The Kier molecular flexibility index (Phi) is 2.21. The SMILES string of the molecule is CC1CCN(c2nc(N)nc3sccc23)C1. The van der Waals surface area contributed by atoms with Crippen LogP contribution in [0.15, 0.2) is 11.4 Å². The van der Waals surface area contributed by atoms with Crippen molar-refractivity contribution < 1.29 is 0 Å². The molecule has 1 aliphatic rings. The highest BCUT2D eigenvalue weighted by molar-refractivity contribution is 7.16. The zero-order valence-electron chi connectivity index (χ0n) is 9.18. The summed E-state index contributed by atoms with van der Waals surface area (Å²) < 4.78 is 0. The monoisotopic (exact) mass is 234 g/mol. The Bertz CT molecular complexity index is 522. The summed E-state index contributed by atoms with van der Waals surface area (Å²) in [6, 6.07) is 2.08. The van der Waals surface area contributed by atoms with E-state index in [4.69, 9.17) is 5.73 Å². The van der Waals surface area contributed by atoms with Crippen LogP contribution in [-0.2, 0) is 0 Å². The summed E-state index contributed by atoms with van der Waals surface area (Å²) in [7, 11) is 0. The number of nitrogens with zero attached hydrogens (tertiary/aromatic N) is 3. The zero-order valence-corrected chi connectivity index (χ0v) is 10.00. The Labute approximate surface area is 98.1 Å². The van der Waals surface area contributed by atoms with Crippen LogP contribution in [-0.4, -0.2) is 23.1 Å². The minimum absolute atomic E-state index is 0.379. The third-order valence-corrected chi connectivity index (χ3v) is 3.85. The van der Waals surface area contributed by atoms with Crippen molar-refractivity contribution in [2.75, 3.05) is 23.7 Å². The Morgan fingerprint density at radius 2 is 2.38 bits per heavy atom. The van der Waals surface area contributed by atoms with Crippen LogP contribution in [0.1, 0.15) is 13.3 Å². The van der Waals surface area contributed by atoms with Gasteiger partial charge in [-0.25, -0.2) is 4.98 Å². The number of anilines is 2. The molecule has 1 atom stereocenters. The molecule has 3 heterocycles. The minimum atomic E-state index is 0.379. The molecule has 2 aromatic rings. The number of hydrogen-bond acceptors (Lipinski definition) is 5. The first-order valence-corrected chi connectivity index (χ1v) is 6.37. The quantitative estimate of drug-likeness (QED) is 0.821. The molecule has 16 heavy (non-hydrogen) atoms. The third kappa shape index (κ3) is 1.51. The fourth-order valence-corrected chi connectivity index (χ4v) is 2.99. The molecule has 0 bridgehead atoms. The van der Waals surface area contributed by atoms with Gasteiger partial charge in [0, 0.05) is 13.1 Å². The van der Waals surface area contributed by atoms with Crippen LogP contribution in [0.5, 0.6) is 0 Å². The van der Waals surface area contributed by atoms with E-state index in [1.807, 2.05) is 5.38 Å². The fraction of sp³-hybridized carbons (Fsp3) is 0.455. The van der Waals surface area contributed by atoms with E-state index < -0.39 is 0 Å².